The first-order valence-corrected chi connectivity index (χ1v) is 7.10. The normalized spacial score (nSPS) is 21.9. The van der Waals surface area contributed by atoms with Crippen LogP contribution in [0.25, 0.3) is 0 Å². The van der Waals surface area contributed by atoms with Crippen LogP contribution >= 0.6 is 0 Å². The molecule has 1 aliphatic heterocycles. The van der Waals surface area contributed by atoms with Gasteiger partial charge in [0.15, 0.2) is 0 Å². The minimum absolute atomic E-state index is 0.0458. The SMILES string of the molecule is CCC(C)[C@H](NC(=O)C1CC(=O)N(C(C)C)C1)C(=O)O. The number of aliphatic carboxylic acids is 1. The maximum atomic E-state index is 12.1. The molecule has 1 aliphatic rings. The van der Waals surface area contributed by atoms with Crippen LogP contribution in [0.5, 0.6) is 0 Å². The number of amides is 2. The molecule has 0 aromatic carbocycles. The Balaban J connectivity index is 2.67. The first kappa shape index (κ1) is 16.5. The van der Waals surface area contributed by atoms with Crippen LogP contribution in [0.4, 0.5) is 0 Å². The Hall–Kier alpha value is -1.59. The predicted molar refractivity (Wildman–Crippen MR) is 74.0 cm³/mol. The second-order valence-corrected chi connectivity index (χ2v) is 5.75. The maximum absolute atomic E-state index is 12.1. The van der Waals surface area contributed by atoms with Crippen molar-refractivity contribution >= 4 is 17.8 Å². The third-order valence-corrected chi connectivity index (χ3v) is 3.93. The Morgan fingerprint density at radius 2 is 2.00 bits per heavy atom. The quantitative estimate of drug-likeness (QED) is 0.757. The van der Waals surface area contributed by atoms with Gasteiger partial charge in [-0.3, -0.25) is 9.59 Å². The van der Waals surface area contributed by atoms with Crippen molar-refractivity contribution in [1.82, 2.24) is 10.2 Å². The molecule has 2 amide bonds. The van der Waals surface area contributed by atoms with Crippen molar-refractivity contribution in [2.45, 2.75) is 52.6 Å². The standard InChI is InChI=1S/C14H24N2O4/c1-5-9(4)12(14(19)20)15-13(18)10-6-11(17)16(7-10)8(2)3/h8-10,12H,5-7H2,1-4H3,(H,15,18)(H,19,20)/t9?,10?,12-/m0/s1. The largest absolute Gasteiger partial charge is 0.480 e. The lowest BCUT2D eigenvalue weighted by Gasteiger charge is -2.23. The number of carboxylic acid groups (broad SMARTS) is 1. The summed E-state index contributed by atoms with van der Waals surface area (Å²) in [6, 6.07) is -0.833. The van der Waals surface area contributed by atoms with E-state index in [1.54, 1.807) is 11.8 Å². The summed E-state index contributed by atoms with van der Waals surface area (Å²) in [5.41, 5.74) is 0. The summed E-state index contributed by atoms with van der Waals surface area (Å²) in [7, 11) is 0. The van der Waals surface area contributed by atoms with Crippen molar-refractivity contribution in [3.8, 4) is 0 Å². The first-order valence-electron chi connectivity index (χ1n) is 7.10. The average Bonchev–Trinajstić information content (AvgIpc) is 2.76. The third-order valence-electron chi connectivity index (χ3n) is 3.93. The number of nitrogens with one attached hydrogen (secondary N) is 1. The topological polar surface area (TPSA) is 86.7 Å². The van der Waals surface area contributed by atoms with Crippen molar-refractivity contribution in [1.29, 1.82) is 0 Å². The summed E-state index contributed by atoms with van der Waals surface area (Å²) in [4.78, 5) is 36.8. The summed E-state index contributed by atoms with van der Waals surface area (Å²) in [6.07, 6.45) is 0.829. The van der Waals surface area contributed by atoms with E-state index in [9.17, 15) is 14.4 Å². The minimum atomic E-state index is -1.03. The van der Waals surface area contributed by atoms with E-state index in [2.05, 4.69) is 5.32 Å². The molecular weight excluding hydrogens is 260 g/mol. The Kier molecular flexibility index (Phi) is 5.53. The molecule has 0 aliphatic carbocycles. The smallest absolute Gasteiger partial charge is 0.326 e. The van der Waals surface area contributed by atoms with E-state index in [4.69, 9.17) is 5.11 Å². The molecule has 20 heavy (non-hydrogen) atoms. The van der Waals surface area contributed by atoms with Gasteiger partial charge in [0.1, 0.15) is 6.04 Å². The van der Waals surface area contributed by atoms with E-state index in [0.29, 0.717) is 13.0 Å². The summed E-state index contributed by atoms with van der Waals surface area (Å²) >= 11 is 0. The van der Waals surface area contributed by atoms with E-state index in [1.807, 2.05) is 20.8 Å². The van der Waals surface area contributed by atoms with Crippen LogP contribution in [0.1, 0.15) is 40.5 Å². The molecule has 3 atom stereocenters. The van der Waals surface area contributed by atoms with Gasteiger partial charge in [-0.25, -0.2) is 4.79 Å². The van der Waals surface area contributed by atoms with Gasteiger partial charge in [0.2, 0.25) is 11.8 Å². The minimum Gasteiger partial charge on any atom is -0.480 e. The van der Waals surface area contributed by atoms with E-state index in [1.165, 1.54) is 0 Å². The van der Waals surface area contributed by atoms with Gasteiger partial charge in [0.05, 0.1) is 5.92 Å². The molecule has 1 rings (SSSR count). The lowest BCUT2D eigenvalue weighted by Crippen LogP contribution is -2.47. The molecule has 0 bridgehead atoms. The zero-order valence-corrected chi connectivity index (χ0v) is 12.5. The highest BCUT2D eigenvalue weighted by Crippen LogP contribution is 2.21. The number of likely N-dealkylation sites (tertiary alicyclic amines) is 1. The lowest BCUT2D eigenvalue weighted by atomic mass is 9.98. The van der Waals surface area contributed by atoms with Crippen LogP contribution in [0, 0.1) is 11.8 Å². The van der Waals surface area contributed by atoms with Gasteiger partial charge in [0.25, 0.3) is 0 Å². The van der Waals surface area contributed by atoms with Gasteiger partial charge in [-0.1, -0.05) is 20.3 Å². The second kappa shape index (κ2) is 6.72. The van der Waals surface area contributed by atoms with Gasteiger partial charge < -0.3 is 15.3 Å². The molecule has 1 fully saturated rings. The lowest BCUT2D eigenvalue weighted by molar-refractivity contribution is -0.144. The highest BCUT2D eigenvalue weighted by molar-refractivity contribution is 5.91. The Morgan fingerprint density at radius 3 is 2.40 bits per heavy atom. The molecule has 0 spiro atoms. The zero-order chi connectivity index (χ0) is 15.4. The Bertz CT molecular complexity index is 395. The summed E-state index contributed by atoms with van der Waals surface area (Å²) in [5.74, 6) is -2.01. The van der Waals surface area contributed by atoms with Crippen LogP contribution in [0.3, 0.4) is 0 Å². The molecular formula is C14H24N2O4. The van der Waals surface area contributed by atoms with Gasteiger partial charge in [-0.05, 0) is 19.8 Å². The van der Waals surface area contributed by atoms with E-state index in [0.717, 1.165) is 0 Å². The fourth-order valence-corrected chi connectivity index (χ4v) is 2.36. The fourth-order valence-electron chi connectivity index (χ4n) is 2.36. The number of nitrogens with zero attached hydrogens (tertiary/aromatic N) is 1. The molecule has 114 valence electrons. The molecule has 0 aromatic heterocycles. The molecule has 6 nitrogen and oxygen atoms in total. The Labute approximate surface area is 119 Å². The average molecular weight is 284 g/mol. The number of carbonyl (C=O) groups excluding carboxylic acids is 2. The van der Waals surface area contributed by atoms with Crippen molar-refractivity contribution in [3.05, 3.63) is 0 Å². The van der Waals surface area contributed by atoms with Gasteiger partial charge >= 0.3 is 5.97 Å². The number of hydrogen-bond donors (Lipinski definition) is 2. The second-order valence-electron chi connectivity index (χ2n) is 5.75. The van der Waals surface area contributed by atoms with Gasteiger partial charge in [0, 0.05) is 19.0 Å². The molecule has 1 saturated heterocycles. The van der Waals surface area contributed by atoms with Gasteiger partial charge in [-0.15, -0.1) is 0 Å². The van der Waals surface area contributed by atoms with E-state index >= 15 is 0 Å². The van der Waals surface area contributed by atoms with Crippen LogP contribution < -0.4 is 5.32 Å². The zero-order valence-electron chi connectivity index (χ0n) is 12.5. The first-order chi connectivity index (χ1) is 9.27. The fraction of sp³-hybridized carbons (Fsp3) is 0.786. The third kappa shape index (κ3) is 3.71. The van der Waals surface area contributed by atoms with E-state index < -0.39 is 17.9 Å². The highest BCUT2D eigenvalue weighted by Gasteiger charge is 2.37. The summed E-state index contributed by atoms with van der Waals surface area (Å²) in [6.45, 7) is 7.84. The van der Waals surface area contributed by atoms with Crippen molar-refractivity contribution in [3.63, 3.8) is 0 Å². The van der Waals surface area contributed by atoms with Crippen LogP contribution in [-0.2, 0) is 14.4 Å². The van der Waals surface area contributed by atoms with Crippen LogP contribution in [0.2, 0.25) is 0 Å². The monoisotopic (exact) mass is 284 g/mol. The van der Waals surface area contributed by atoms with Crippen LogP contribution in [-0.4, -0.2) is 46.4 Å². The number of carbonyl (C=O) groups is 3. The molecule has 6 heteroatoms. The number of rotatable bonds is 6. The summed E-state index contributed by atoms with van der Waals surface area (Å²) in [5, 5.41) is 11.7. The van der Waals surface area contributed by atoms with Crippen LogP contribution in [0.15, 0.2) is 0 Å². The number of carboxylic acids is 1. The van der Waals surface area contributed by atoms with E-state index in [-0.39, 0.29) is 30.2 Å². The molecule has 2 unspecified atom stereocenters. The maximum Gasteiger partial charge on any atom is 0.326 e. The van der Waals surface area contributed by atoms with Crippen molar-refractivity contribution < 1.29 is 19.5 Å². The molecule has 1 heterocycles. The predicted octanol–water partition coefficient (Wildman–Crippen LogP) is 0.859. The van der Waals surface area contributed by atoms with Crippen molar-refractivity contribution in [2.75, 3.05) is 6.54 Å². The molecule has 0 saturated carbocycles. The van der Waals surface area contributed by atoms with Gasteiger partial charge in [-0.2, -0.15) is 0 Å². The number of hydrogen-bond acceptors (Lipinski definition) is 3. The highest BCUT2D eigenvalue weighted by atomic mass is 16.4. The molecule has 0 radical (unpaired) electrons. The Morgan fingerprint density at radius 1 is 1.40 bits per heavy atom. The summed E-state index contributed by atoms with van der Waals surface area (Å²) < 4.78 is 0. The van der Waals surface area contributed by atoms with Crippen molar-refractivity contribution in [2.24, 2.45) is 11.8 Å². The molecule has 2 N–H and O–H groups in total. The molecule has 0 aromatic rings.